The monoisotopic (exact) mass is 390 g/mol. The van der Waals surface area contributed by atoms with Gasteiger partial charge in [0, 0.05) is 10.6 Å². The number of nitrogens with zero attached hydrogens (tertiary/aromatic N) is 2. The van der Waals surface area contributed by atoms with Gasteiger partial charge in [-0.1, -0.05) is 41.3 Å². The molecule has 3 aromatic rings. The van der Waals surface area contributed by atoms with Crippen LogP contribution in [0.4, 0.5) is 0 Å². The number of hydrogen-bond donors (Lipinski definition) is 0. The molecule has 5 nitrogen and oxygen atoms in total. The average molecular weight is 391 g/mol. The zero-order valence-electron chi connectivity index (χ0n) is 12.8. The first-order chi connectivity index (χ1) is 12.2. The average Bonchev–Trinajstić information content (AvgIpc) is 3.30. The number of carbonyl (C=O) groups is 1. The van der Waals surface area contributed by atoms with Gasteiger partial charge in [-0.25, -0.2) is 4.79 Å². The van der Waals surface area contributed by atoms with Crippen LogP contribution in [0.1, 0.15) is 9.67 Å². The predicted octanol–water partition coefficient (Wildman–Crippen LogP) is 4.40. The minimum Gasteiger partial charge on any atom is -0.448 e. The standard InChI is InChI=1S/C17H11ClN2O3S2/c18-13-7-5-12(6-8-13)15-19-20-17(23-15)25-10-2-1-9-22-16(21)14-4-3-11-24-14/h3-8,11H,9-10H2. The van der Waals surface area contributed by atoms with Gasteiger partial charge in [-0.3, -0.25) is 0 Å². The molecule has 2 aromatic heterocycles. The molecule has 0 spiro atoms. The Balaban J connectivity index is 1.44. The maximum Gasteiger partial charge on any atom is 0.349 e. The molecule has 25 heavy (non-hydrogen) atoms. The van der Waals surface area contributed by atoms with Gasteiger partial charge in [0.25, 0.3) is 5.22 Å². The Labute approximate surface area is 157 Å². The van der Waals surface area contributed by atoms with Crippen molar-refractivity contribution in [1.29, 1.82) is 0 Å². The van der Waals surface area contributed by atoms with Crippen LogP contribution in [-0.2, 0) is 4.74 Å². The number of esters is 1. The smallest absolute Gasteiger partial charge is 0.349 e. The van der Waals surface area contributed by atoms with E-state index in [0.717, 1.165) is 5.56 Å². The number of hydrogen-bond acceptors (Lipinski definition) is 7. The number of thioether (sulfide) groups is 1. The van der Waals surface area contributed by atoms with Crippen molar-refractivity contribution in [2.75, 3.05) is 12.4 Å². The van der Waals surface area contributed by atoms with Gasteiger partial charge >= 0.3 is 5.97 Å². The van der Waals surface area contributed by atoms with Crippen molar-refractivity contribution in [2.24, 2.45) is 0 Å². The zero-order chi connectivity index (χ0) is 17.5. The Morgan fingerprint density at radius 1 is 1.24 bits per heavy atom. The van der Waals surface area contributed by atoms with E-state index >= 15 is 0 Å². The van der Waals surface area contributed by atoms with Crippen molar-refractivity contribution in [3.63, 3.8) is 0 Å². The van der Waals surface area contributed by atoms with Crippen LogP contribution in [0.3, 0.4) is 0 Å². The summed E-state index contributed by atoms with van der Waals surface area (Å²) in [5, 5.41) is 10.8. The summed E-state index contributed by atoms with van der Waals surface area (Å²) in [5.74, 6) is 6.19. The molecule has 0 unspecified atom stereocenters. The quantitative estimate of drug-likeness (QED) is 0.365. The number of thiophene rings is 1. The van der Waals surface area contributed by atoms with E-state index in [4.69, 9.17) is 20.8 Å². The summed E-state index contributed by atoms with van der Waals surface area (Å²) in [6, 6.07) is 10.7. The van der Waals surface area contributed by atoms with E-state index in [9.17, 15) is 4.79 Å². The van der Waals surface area contributed by atoms with Crippen LogP contribution in [0.5, 0.6) is 0 Å². The van der Waals surface area contributed by atoms with Crippen molar-refractivity contribution < 1.29 is 13.9 Å². The molecule has 1 aromatic carbocycles. The normalized spacial score (nSPS) is 10.1. The third kappa shape index (κ3) is 5.10. The van der Waals surface area contributed by atoms with Crippen LogP contribution in [0.2, 0.25) is 5.02 Å². The lowest BCUT2D eigenvalue weighted by Gasteiger charge is -1.96. The minimum absolute atomic E-state index is 0.0527. The lowest BCUT2D eigenvalue weighted by molar-refractivity contribution is 0.0562. The molecule has 0 N–H and O–H groups in total. The number of halogens is 1. The molecule has 126 valence electrons. The summed E-state index contributed by atoms with van der Waals surface area (Å²) in [6.07, 6.45) is 0. The van der Waals surface area contributed by atoms with Crippen molar-refractivity contribution in [3.05, 3.63) is 51.7 Å². The number of carbonyl (C=O) groups excluding carboxylic acids is 1. The lowest BCUT2D eigenvalue weighted by atomic mass is 10.2. The van der Waals surface area contributed by atoms with Crippen LogP contribution >= 0.6 is 34.7 Å². The highest BCUT2D eigenvalue weighted by molar-refractivity contribution is 7.99. The first kappa shape index (κ1) is 17.5. The summed E-state index contributed by atoms with van der Waals surface area (Å²) < 4.78 is 10.6. The van der Waals surface area contributed by atoms with E-state index in [1.807, 2.05) is 17.5 Å². The fraction of sp³-hybridized carbons (Fsp3) is 0.118. The number of benzene rings is 1. The molecule has 0 bridgehead atoms. The highest BCUT2D eigenvalue weighted by Crippen LogP contribution is 2.24. The number of aromatic nitrogens is 2. The second-order valence-electron chi connectivity index (χ2n) is 4.58. The highest BCUT2D eigenvalue weighted by Gasteiger charge is 2.08. The second-order valence-corrected chi connectivity index (χ2v) is 6.89. The molecule has 3 rings (SSSR count). The molecule has 2 heterocycles. The number of ether oxygens (including phenoxy) is 1. The molecule has 8 heteroatoms. The SMILES string of the molecule is O=C(OCC#CCSc1nnc(-c2ccc(Cl)cc2)o1)c1cccs1. The Morgan fingerprint density at radius 3 is 2.84 bits per heavy atom. The molecular weight excluding hydrogens is 380 g/mol. The van der Waals surface area contributed by atoms with Crippen LogP contribution in [0.15, 0.2) is 51.4 Å². The van der Waals surface area contributed by atoms with Crippen molar-refractivity contribution in [1.82, 2.24) is 10.2 Å². The Kier molecular flexibility index (Phi) is 6.12. The lowest BCUT2D eigenvalue weighted by Crippen LogP contribution is -2.02. The molecule has 0 aliphatic carbocycles. The minimum atomic E-state index is -0.360. The van der Waals surface area contributed by atoms with Crippen molar-refractivity contribution >= 4 is 40.7 Å². The predicted molar refractivity (Wildman–Crippen MR) is 97.8 cm³/mol. The molecule has 0 saturated heterocycles. The highest BCUT2D eigenvalue weighted by atomic mass is 35.5. The molecule has 0 amide bonds. The summed E-state index contributed by atoms with van der Waals surface area (Å²) >= 11 is 8.50. The van der Waals surface area contributed by atoms with Gasteiger partial charge in [0.15, 0.2) is 6.61 Å². The molecular formula is C17H11ClN2O3S2. The first-order valence-corrected chi connectivity index (χ1v) is 9.35. The second kappa shape index (κ2) is 8.72. The van der Waals surface area contributed by atoms with E-state index in [0.29, 0.717) is 26.8 Å². The molecule has 0 atom stereocenters. The molecule has 0 aliphatic heterocycles. The van der Waals surface area contributed by atoms with E-state index in [1.54, 1.807) is 24.3 Å². The van der Waals surface area contributed by atoms with E-state index < -0.39 is 0 Å². The fourth-order valence-electron chi connectivity index (χ4n) is 1.74. The van der Waals surface area contributed by atoms with E-state index in [1.165, 1.54) is 23.1 Å². The Morgan fingerprint density at radius 2 is 2.08 bits per heavy atom. The zero-order valence-corrected chi connectivity index (χ0v) is 15.2. The summed E-state index contributed by atoms with van der Waals surface area (Å²) in [7, 11) is 0. The summed E-state index contributed by atoms with van der Waals surface area (Å²) in [6.45, 7) is 0.0527. The van der Waals surface area contributed by atoms with Crippen LogP contribution in [-0.4, -0.2) is 28.5 Å². The van der Waals surface area contributed by atoms with E-state index in [2.05, 4.69) is 22.0 Å². The third-order valence-electron chi connectivity index (χ3n) is 2.89. The van der Waals surface area contributed by atoms with Gasteiger partial charge < -0.3 is 9.15 Å². The molecule has 0 saturated carbocycles. The van der Waals surface area contributed by atoms with Crippen LogP contribution in [0.25, 0.3) is 11.5 Å². The third-order valence-corrected chi connectivity index (χ3v) is 4.69. The summed E-state index contributed by atoms with van der Waals surface area (Å²) in [4.78, 5) is 12.2. The van der Waals surface area contributed by atoms with Gasteiger partial charge in [-0.2, -0.15) is 0 Å². The molecule has 0 fully saturated rings. The van der Waals surface area contributed by atoms with Crippen molar-refractivity contribution in [2.45, 2.75) is 5.22 Å². The largest absolute Gasteiger partial charge is 0.448 e. The maximum atomic E-state index is 11.6. The van der Waals surface area contributed by atoms with Gasteiger partial charge in [-0.15, -0.1) is 21.5 Å². The number of rotatable bonds is 5. The van der Waals surface area contributed by atoms with Crippen molar-refractivity contribution in [3.8, 4) is 23.3 Å². The maximum absolute atomic E-state index is 11.6. The van der Waals surface area contributed by atoms with Gasteiger partial charge in [0.05, 0.1) is 5.75 Å². The first-order valence-electron chi connectivity index (χ1n) is 7.11. The molecule has 0 aliphatic rings. The van der Waals surface area contributed by atoms with Gasteiger partial charge in [0.1, 0.15) is 4.88 Å². The molecule has 0 radical (unpaired) electrons. The fourth-order valence-corrected chi connectivity index (χ4v) is 3.02. The van der Waals surface area contributed by atoms with Gasteiger partial charge in [-0.05, 0) is 35.7 Å². The van der Waals surface area contributed by atoms with Crippen LogP contribution in [0, 0.1) is 11.8 Å². The van der Waals surface area contributed by atoms with Gasteiger partial charge in [0.2, 0.25) is 5.89 Å². The van der Waals surface area contributed by atoms with Crippen LogP contribution < -0.4 is 0 Å². The van der Waals surface area contributed by atoms with E-state index in [-0.39, 0.29) is 12.6 Å². The topological polar surface area (TPSA) is 65.2 Å². The Hall–Kier alpha value is -2.27. The summed E-state index contributed by atoms with van der Waals surface area (Å²) in [5.41, 5.74) is 0.801. The Bertz CT molecular complexity index is 896.